The number of nitrogens with one attached hydrogen (secondary N) is 1. The van der Waals surface area contributed by atoms with E-state index in [2.05, 4.69) is 47.0 Å². The molecular formula is C26H25BrF3N5O. The fraction of sp³-hybridized carbons (Fsp3) is 0.385. The number of nitrogens with zero attached hydrogens (tertiary/aromatic N) is 4. The first-order chi connectivity index (χ1) is 17.4. The third-order valence-electron chi connectivity index (χ3n) is 6.92. The van der Waals surface area contributed by atoms with Crippen molar-refractivity contribution < 1.29 is 17.9 Å². The predicted molar refractivity (Wildman–Crippen MR) is 137 cm³/mol. The van der Waals surface area contributed by atoms with Gasteiger partial charge in [-0.1, -0.05) is 0 Å². The van der Waals surface area contributed by atoms with Crippen LogP contribution in [0.4, 0.5) is 24.7 Å². The van der Waals surface area contributed by atoms with Crippen LogP contribution in [0.1, 0.15) is 37.3 Å². The standard InChI is InChI=1S/C26H25BrF3N5O/c27-20-14-21-19(13-23(20)36-12-11-34-9-1-2-10-34)24-22(35(21)18-7-8-18)15-31-33-25(24)32-17-5-3-16(4-6-17)26(28,29)30/h3-6,13-15,18H,1-2,7-12H2,(H,32,33). The summed E-state index contributed by atoms with van der Waals surface area (Å²) in [5.41, 5.74) is 1.81. The number of fused-ring (bicyclic) bond motifs is 3. The number of alkyl halides is 3. The molecule has 4 aromatic rings. The molecule has 2 aromatic heterocycles. The van der Waals surface area contributed by atoms with Gasteiger partial charge >= 0.3 is 6.18 Å². The Bertz CT molecular complexity index is 1410. The Kier molecular flexibility index (Phi) is 6.03. The van der Waals surface area contributed by atoms with Crippen LogP contribution in [0.15, 0.2) is 47.1 Å². The van der Waals surface area contributed by atoms with Crippen molar-refractivity contribution in [2.24, 2.45) is 0 Å². The molecule has 2 aromatic carbocycles. The SMILES string of the molecule is FC(F)(F)c1ccc(Nc2nncc3c2c2cc(OCCN4CCCC4)c(Br)cc2n3C2CC2)cc1. The Morgan fingerprint density at radius 2 is 1.81 bits per heavy atom. The molecule has 10 heteroatoms. The van der Waals surface area contributed by atoms with Crippen LogP contribution in [-0.2, 0) is 6.18 Å². The fourth-order valence-electron chi connectivity index (χ4n) is 4.99. The molecule has 1 aliphatic carbocycles. The number of benzene rings is 2. The van der Waals surface area contributed by atoms with Gasteiger partial charge in [-0.3, -0.25) is 4.90 Å². The van der Waals surface area contributed by atoms with Crippen LogP contribution < -0.4 is 10.1 Å². The van der Waals surface area contributed by atoms with Gasteiger partial charge in [0.05, 0.1) is 32.7 Å². The summed E-state index contributed by atoms with van der Waals surface area (Å²) in [5, 5.41) is 13.6. The summed E-state index contributed by atoms with van der Waals surface area (Å²) < 4.78 is 48.3. The molecular weight excluding hydrogens is 535 g/mol. The van der Waals surface area contributed by atoms with E-state index < -0.39 is 11.7 Å². The molecule has 2 aliphatic rings. The first-order valence-electron chi connectivity index (χ1n) is 12.2. The molecule has 1 saturated carbocycles. The number of hydrogen-bond donors (Lipinski definition) is 1. The van der Waals surface area contributed by atoms with Crippen molar-refractivity contribution in [3.63, 3.8) is 0 Å². The van der Waals surface area contributed by atoms with Gasteiger partial charge in [0, 0.05) is 23.7 Å². The molecule has 0 unspecified atom stereocenters. The average Bonchev–Trinajstić information content (AvgIpc) is 3.44. The largest absolute Gasteiger partial charge is 0.491 e. The smallest absolute Gasteiger partial charge is 0.416 e. The minimum Gasteiger partial charge on any atom is -0.491 e. The van der Waals surface area contributed by atoms with Crippen molar-refractivity contribution in [1.82, 2.24) is 19.7 Å². The zero-order valence-corrected chi connectivity index (χ0v) is 21.1. The summed E-state index contributed by atoms with van der Waals surface area (Å²) in [7, 11) is 0. The van der Waals surface area contributed by atoms with E-state index in [1.807, 2.05) is 6.07 Å². The van der Waals surface area contributed by atoms with Crippen molar-refractivity contribution in [3.05, 3.63) is 52.6 Å². The third-order valence-corrected chi connectivity index (χ3v) is 7.54. The minimum absolute atomic E-state index is 0.391. The van der Waals surface area contributed by atoms with Gasteiger partial charge in [0.1, 0.15) is 12.4 Å². The molecule has 1 saturated heterocycles. The maximum Gasteiger partial charge on any atom is 0.416 e. The van der Waals surface area contributed by atoms with Gasteiger partial charge in [-0.2, -0.15) is 18.3 Å². The van der Waals surface area contributed by atoms with Gasteiger partial charge in [0.15, 0.2) is 5.82 Å². The van der Waals surface area contributed by atoms with E-state index in [-0.39, 0.29) is 0 Å². The van der Waals surface area contributed by atoms with E-state index in [9.17, 15) is 13.2 Å². The summed E-state index contributed by atoms with van der Waals surface area (Å²) in [5.74, 6) is 1.26. The minimum atomic E-state index is -4.38. The van der Waals surface area contributed by atoms with Gasteiger partial charge in [-0.15, -0.1) is 5.10 Å². The van der Waals surface area contributed by atoms with Crippen LogP contribution in [0, 0.1) is 0 Å². The van der Waals surface area contributed by atoms with Crippen molar-refractivity contribution in [3.8, 4) is 5.75 Å². The fourth-order valence-corrected chi connectivity index (χ4v) is 5.44. The lowest BCUT2D eigenvalue weighted by Gasteiger charge is -2.16. The molecule has 0 radical (unpaired) electrons. The van der Waals surface area contributed by atoms with Crippen LogP contribution in [0.5, 0.6) is 5.75 Å². The quantitative estimate of drug-likeness (QED) is 0.266. The van der Waals surface area contributed by atoms with E-state index in [1.54, 1.807) is 6.20 Å². The normalized spacial score (nSPS) is 16.8. The monoisotopic (exact) mass is 559 g/mol. The number of rotatable bonds is 7. The Morgan fingerprint density at radius 1 is 1.06 bits per heavy atom. The number of ether oxygens (including phenoxy) is 1. The lowest BCUT2D eigenvalue weighted by atomic mass is 10.1. The van der Waals surface area contributed by atoms with E-state index in [0.29, 0.717) is 24.2 Å². The zero-order chi connectivity index (χ0) is 24.9. The molecule has 1 aliphatic heterocycles. The molecule has 0 amide bonds. The van der Waals surface area contributed by atoms with Crippen molar-refractivity contribution in [2.75, 3.05) is 31.6 Å². The molecule has 36 heavy (non-hydrogen) atoms. The summed E-state index contributed by atoms with van der Waals surface area (Å²) in [4.78, 5) is 2.41. The van der Waals surface area contributed by atoms with Gasteiger partial charge in [0.25, 0.3) is 0 Å². The molecule has 6 rings (SSSR count). The number of likely N-dealkylation sites (tertiary alicyclic amines) is 1. The highest BCUT2D eigenvalue weighted by Gasteiger charge is 2.31. The molecule has 188 valence electrons. The number of halogens is 4. The molecule has 0 spiro atoms. The molecule has 1 N–H and O–H groups in total. The van der Waals surface area contributed by atoms with Crippen molar-refractivity contribution >= 4 is 49.2 Å². The number of anilines is 2. The summed E-state index contributed by atoms with van der Waals surface area (Å²) in [6.45, 7) is 3.73. The number of aromatic nitrogens is 3. The second-order valence-electron chi connectivity index (χ2n) is 9.45. The van der Waals surface area contributed by atoms with Gasteiger partial charge in [0.2, 0.25) is 0 Å². The Labute approximate surface area is 214 Å². The highest BCUT2D eigenvalue weighted by atomic mass is 79.9. The van der Waals surface area contributed by atoms with Crippen molar-refractivity contribution in [2.45, 2.75) is 37.9 Å². The Morgan fingerprint density at radius 3 is 2.50 bits per heavy atom. The van der Waals surface area contributed by atoms with Gasteiger partial charge < -0.3 is 14.6 Å². The average molecular weight is 560 g/mol. The van der Waals surface area contributed by atoms with E-state index in [4.69, 9.17) is 4.74 Å². The van der Waals surface area contributed by atoms with Crippen LogP contribution in [-0.4, -0.2) is 45.9 Å². The lowest BCUT2D eigenvalue weighted by Crippen LogP contribution is -2.25. The highest BCUT2D eigenvalue weighted by molar-refractivity contribution is 9.10. The highest BCUT2D eigenvalue weighted by Crippen LogP contribution is 2.46. The molecule has 2 fully saturated rings. The van der Waals surface area contributed by atoms with E-state index >= 15 is 0 Å². The van der Waals surface area contributed by atoms with Gasteiger partial charge in [-0.25, -0.2) is 0 Å². The zero-order valence-electron chi connectivity index (χ0n) is 19.5. The Balaban J connectivity index is 1.38. The molecule has 0 bridgehead atoms. The van der Waals surface area contributed by atoms with E-state index in [0.717, 1.165) is 76.6 Å². The van der Waals surface area contributed by atoms with Crippen LogP contribution >= 0.6 is 15.9 Å². The molecule has 6 nitrogen and oxygen atoms in total. The maximum atomic E-state index is 13.0. The Hall–Kier alpha value is -2.85. The van der Waals surface area contributed by atoms with Crippen LogP contribution in [0.3, 0.4) is 0 Å². The van der Waals surface area contributed by atoms with E-state index in [1.165, 1.54) is 25.0 Å². The summed E-state index contributed by atoms with van der Waals surface area (Å²) in [6.07, 6.45) is 2.04. The summed E-state index contributed by atoms with van der Waals surface area (Å²) in [6, 6.07) is 9.45. The lowest BCUT2D eigenvalue weighted by molar-refractivity contribution is -0.137. The second kappa shape index (κ2) is 9.23. The number of hydrogen-bond acceptors (Lipinski definition) is 5. The first kappa shape index (κ1) is 23.5. The topological polar surface area (TPSA) is 55.2 Å². The maximum absolute atomic E-state index is 13.0. The van der Waals surface area contributed by atoms with Gasteiger partial charge in [-0.05, 0) is 91.1 Å². The predicted octanol–water partition coefficient (Wildman–Crippen LogP) is 6.92. The summed E-state index contributed by atoms with van der Waals surface area (Å²) >= 11 is 3.70. The van der Waals surface area contributed by atoms with Crippen molar-refractivity contribution in [1.29, 1.82) is 0 Å². The van der Waals surface area contributed by atoms with Crippen LogP contribution in [0.25, 0.3) is 21.8 Å². The first-order valence-corrected chi connectivity index (χ1v) is 13.0. The van der Waals surface area contributed by atoms with Crippen LogP contribution in [0.2, 0.25) is 0 Å². The third kappa shape index (κ3) is 4.52. The molecule has 0 atom stereocenters. The molecule has 3 heterocycles. The second-order valence-corrected chi connectivity index (χ2v) is 10.3.